The predicted molar refractivity (Wildman–Crippen MR) is 123 cm³/mol. The highest BCUT2D eigenvalue weighted by Gasteiger charge is 2.23. The topological polar surface area (TPSA) is 54.3 Å². The fourth-order valence-electron chi connectivity index (χ4n) is 3.52. The number of rotatable bonds is 8. The Labute approximate surface area is 188 Å². The fourth-order valence-corrected chi connectivity index (χ4v) is 4.48. The molecule has 1 aromatic heterocycles. The van der Waals surface area contributed by atoms with Crippen molar-refractivity contribution in [3.05, 3.63) is 46.9 Å². The Bertz CT molecular complexity index is 893. The van der Waals surface area contributed by atoms with Crippen LogP contribution in [0.4, 0.5) is 0 Å². The molecule has 1 aliphatic rings. The summed E-state index contributed by atoms with van der Waals surface area (Å²) in [7, 11) is 4.03. The van der Waals surface area contributed by atoms with Gasteiger partial charge in [0.1, 0.15) is 0 Å². The van der Waals surface area contributed by atoms with E-state index < -0.39 is 0 Å². The molecule has 1 amide bonds. The molecule has 0 saturated heterocycles. The predicted octanol–water partition coefficient (Wildman–Crippen LogP) is 4.94. The first-order valence-corrected chi connectivity index (χ1v) is 11.8. The van der Waals surface area contributed by atoms with Crippen molar-refractivity contribution in [2.75, 3.05) is 26.4 Å². The van der Waals surface area contributed by atoms with E-state index in [-0.39, 0.29) is 11.9 Å². The quantitative estimate of drug-likeness (QED) is 0.536. The maximum Gasteiger partial charge on any atom is 0.237 e. The average Bonchev–Trinajstić information content (AvgIpc) is 3.17. The first kappa shape index (κ1) is 22.8. The van der Waals surface area contributed by atoms with Crippen LogP contribution in [-0.2, 0) is 4.79 Å². The molecule has 1 aliphatic carbocycles. The van der Waals surface area contributed by atoms with E-state index in [1.54, 1.807) is 0 Å². The molecular formula is C22H30ClN5OS. The van der Waals surface area contributed by atoms with Gasteiger partial charge in [-0.2, -0.15) is 0 Å². The second-order valence-corrected chi connectivity index (χ2v) is 9.04. The summed E-state index contributed by atoms with van der Waals surface area (Å²) in [6, 6.07) is 7.69. The van der Waals surface area contributed by atoms with Crippen LogP contribution in [0, 0.1) is 0 Å². The number of benzene rings is 1. The molecule has 0 N–H and O–H groups in total. The van der Waals surface area contributed by atoms with Crippen LogP contribution in [0.5, 0.6) is 0 Å². The molecule has 1 heterocycles. The van der Waals surface area contributed by atoms with Gasteiger partial charge in [-0.1, -0.05) is 29.4 Å². The number of allylic oxidation sites excluding steroid dienone is 2. The maximum absolute atomic E-state index is 13.0. The number of amides is 1. The molecule has 1 aromatic carbocycles. The Balaban J connectivity index is 1.84. The van der Waals surface area contributed by atoms with Gasteiger partial charge in [-0.15, -0.1) is 10.2 Å². The Morgan fingerprint density at radius 1 is 1.23 bits per heavy atom. The zero-order valence-corrected chi connectivity index (χ0v) is 19.7. The van der Waals surface area contributed by atoms with Crippen LogP contribution in [0.1, 0.15) is 51.4 Å². The van der Waals surface area contributed by atoms with Crippen molar-refractivity contribution in [3.63, 3.8) is 0 Å². The van der Waals surface area contributed by atoms with Crippen LogP contribution in [0.25, 0.3) is 5.69 Å². The van der Waals surface area contributed by atoms with E-state index in [9.17, 15) is 4.79 Å². The molecule has 8 heteroatoms. The fraction of sp³-hybridized carbons (Fsp3) is 0.500. The first-order valence-electron chi connectivity index (χ1n) is 10.4. The Kier molecular flexibility index (Phi) is 7.97. The number of hydrogen-bond donors (Lipinski definition) is 0. The van der Waals surface area contributed by atoms with Crippen molar-refractivity contribution >= 4 is 29.3 Å². The second-order valence-electron chi connectivity index (χ2n) is 7.66. The lowest BCUT2D eigenvalue weighted by atomic mass is 10.0. The van der Waals surface area contributed by atoms with Crippen molar-refractivity contribution in [2.45, 2.75) is 50.7 Å². The largest absolute Gasteiger partial charge is 0.316 e. The number of aromatic nitrogens is 3. The van der Waals surface area contributed by atoms with Gasteiger partial charge in [0, 0.05) is 23.0 Å². The molecule has 0 bridgehead atoms. The molecule has 0 unspecified atom stereocenters. The van der Waals surface area contributed by atoms with Gasteiger partial charge in [0.15, 0.2) is 11.0 Å². The normalized spacial score (nSPS) is 15.2. The van der Waals surface area contributed by atoms with Crippen molar-refractivity contribution in [2.24, 2.45) is 0 Å². The minimum Gasteiger partial charge on any atom is -0.316 e. The Morgan fingerprint density at radius 2 is 1.97 bits per heavy atom. The molecule has 0 saturated carbocycles. The zero-order valence-electron chi connectivity index (χ0n) is 18.1. The van der Waals surface area contributed by atoms with E-state index in [4.69, 9.17) is 11.6 Å². The molecule has 0 fully saturated rings. The number of thioether (sulfide) groups is 1. The monoisotopic (exact) mass is 447 g/mol. The molecular weight excluding hydrogens is 418 g/mol. The van der Waals surface area contributed by atoms with Crippen LogP contribution < -0.4 is 0 Å². The van der Waals surface area contributed by atoms with Gasteiger partial charge in [0.25, 0.3) is 0 Å². The van der Waals surface area contributed by atoms with Gasteiger partial charge >= 0.3 is 0 Å². The summed E-state index contributed by atoms with van der Waals surface area (Å²) in [6.45, 7) is 4.81. The van der Waals surface area contributed by atoms with Crippen LogP contribution in [0.2, 0.25) is 5.02 Å². The summed E-state index contributed by atoms with van der Waals surface area (Å²) < 4.78 is 2.02. The molecule has 6 nitrogen and oxygen atoms in total. The van der Waals surface area contributed by atoms with Gasteiger partial charge in [0.05, 0.1) is 11.8 Å². The van der Waals surface area contributed by atoms with Crippen LogP contribution in [0.3, 0.4) is 0 Å². The summed E-state index contributed by atoms with van der Waals surface area (Å²) >= 11 is 7.51. The molecule has 0 spiro atoms. The van der Waals surface area contributed by atoms with Gasteiger partial charge < -0.3 is 4.90 Å². The highest BCUT2D eigenvalue weighted by molar-refractivity contribution is 7.99. The van der Waals surface area contributed by atoms with E-state index in [2.05, 4.69) is 28.1 Å². The lowest BCUT2D eigenvalue weighted by Gasteiger charge is -2.26. The van der Waals surface area contributed by atoms with E-state index in [0.29, 0.717) is 22.5 Å². The molecule has 3 rings (SSSR count). The van der Waals surface area contributed by atoms with Gasteiger partial charge in [-0.05, 0) is 77.9 Å². The number of carbonyl (C=O) groups is 1. The Morgan fingerprint density at radius 3 is 2.57 bits per heavy atom. The molecule has 2 aromatic rings. The van der Waals surface area contributed by atoms with E-state index in [1.807, 2.05) is 54.8 Å². The van der Waals surface area contributed by atoms with Crippen molar-refractivity contribution in [1.29, 1.82) is 0 Å². The standard InChI is InChI=1S/C22H30ClN5OS/c1-5-27(18-9-7-6-8-10-18)20(29)15-30-22-25-24-21(16(2)26(3)4)28(22)19-13-11-17(23)12-14-19/h9,11-14,16H,5-8,10,15H2,1-4H3/t16-/m0/s1. The average molecular weight is 448 g/mol. The first-order chi connectivity index (χ1) is 14.4. The van der Waals surface area contributed by atoms with Crippen molar-refractivity contribution in [1.82, 2.24) is 24.6 Å². The highest BCUT2D eigenvalue weighted by atomic mass is 35.5. The third kappa shape index (κ3) is 5.25. The van der Waals surface area contributed by atoms with Crippen LogP contribution >= 0.6 is 23.4 Å². The molecule has 0 aliphatic heterocycles. The second kappa shape index (κ2) is 10.5. The van der Waals surface area contributed by atoms with Crippen molar-refractivity contribution < 1.29 is 4.79 Å². The minimum absolute atomic E-state index is 0.0674. The third-order valence-electron chi connectivity index (χ3n) is 5.45. The zero-order chi connectivity index (χ0) is 21.7. The minimum atomic E-state index is 0.0674. The summed E-state index contributed by atoms with van der Waals surface area (Å²) in [5.41, 5.74) is 2.10. The third-order valence-corrected chi connectivity index (χ3v) is 6.61. The maximum atomic E-state index is 13.0. The van der Waals surface area contributed by atoms with Gasteiger partial charge in [-0.3, -0.25) is 14.3 Å². The van der Waals surface area contributed by atoms with Crippen LogP contribution in [0.15, 0.2) is 41.2 Å². The van der Waals surface area contributed by atoms with E-state index in [1.165, 1.54) is 18.2 Å². The summed E-state index contributed by atoms with van der Waals surface area (Å²) in [5, 5.41) is 10.3. The summed E-state index contributed by atoms with van der Waals surface area (Å²) in [4.78, 5) is 17.0. The molecule has 0 radical (unpaired) electrons. The van der Waals surface area contributed by atoms with E-state index in [0.717, 1.165) is 36.5 Å². The number of halogens is 1. The molecule has 162 valence electrons. The highest BCUT2D eigenvalue weighted by Crippen LogP contribution is 2.28. The number of hydrogen-bond acceptors (Lipinski definition) is 5. The Hall–Kier alpha value is -1.83. The lowest BCUT2D eigenvalue weighted by Crippen LogP contribution is -2.32. The van der Waals surface area contributed by atoms with Crippen LogP contribution in [-0.4, -0.2) is 56.9 Å². The molecule has 30 heavy (non-hydrogen) atoms. The van der Waals surface area contributed by atoms with Gasteiger partial charge in [-0.25, -0.2) is 0 Å². The number of carbonyl (C=O) groups excluding carboxylic acids is 1. The SMILES string of the molecule is CCN(C(=O)CSc1nnc([C@H](C)N(C)C)n1-c1ccc(Cl)cc1)C1=CCCCC1. The molecule has 1 atom stereocenters. The lowest BCUT2D eigenvalue weighted by molar-refractivity contribution is -0.126. The smallest absolute Gasteiger partial charge is 0.237 e. The number of nitrogens with zero attached hydrogens (tertiary/aromatic N) is 5. The summed E-state index contributed by atoms with van der Waals surface area (Å²) in [6.07, 6.45) is 6.61. The van der Waals surface area contributed by atoms with E-state index >= 15 is 0 Å². The summed E-state index contributed by atoms with van der Waals surface area (Å²) in [5.74, 6) is 1.27. The van der Waals surface area contributed by atoms with Crippen molar-refractivity contribution in [3.8, 4) is 5.69 Å². The van der Waals surface area contributed by atoms with Gasteiger partial charge in [0.2, 0.25) is 5.91 Å².